The van der Waals surface area contributed by atoms with E-state index in [9.17, 15) is 0 Å². The lowest BCUT2D eigenvalue weighted by atomic mass is 10.1. The molecule has 0 fully saturated rings. The SMILES string of the molecule is CCOc1ccccc1C(C)N(CC)CCNC(C)(C)C. The van der Waals surface area contributed by atoms with Crippen molar-refractivity contribution in [2.75, 3.05) is 26.2 Å². The average Bonchev–Trinajstić information content (AvgIpc) is 2.43. The fourth-order valence-corrected chi connectivity index (χ4v) is 2.51. The fourth-order valence-electron chi connectivity index (χ4n) is 2.51. The van der Waals surface area contributed by atoms with Crippen LogP contribution in [-0.2, 0) is 0 Å². The Kier molecular flexibility index (Phi) is 7.20. The van der Waals surface area contributed by atoms with E-state index in [1.54, 1.807) is 0 Å². The third-order valence-corrected chi connectivity index (χ3v) is 3.68. The summed E-state index contributed by atoms with van der Waals surface area (Å²) in [7, 11) is 0. The molecule has 0 bridgehead atoms. The molecule has 1 rings (SSSR count). The largest absolute Gasteiger partial charge is 0.494 e. The van der Waals surface area contributed by atoms with Crippen molar-refractivity contribution in [3.05, 3.63) is 29.8 Å². The monoisotopic (exact) mass is 292 g/mol. The smallest absolute Gasteiger partial charge is 0.124 e. The third kappa shape index (κ3) is 6.06. The van der Waals surface area contributed by atoms with Gasteiger partial charge in [-0.3, -0.25) is 4.90 Å². The summed E-state index contributed by atoms with van der Waals surface area (Å²) in [5.74, 6) is 1.01. The number of para-hydroxylation sites is 1. The fraction of sp³-hybridized carbons (Fsp3) is 0.667. The molecule has 1 aromatic carbocycles. The molecular formula is C18H32N2O. The van der Waals surface area contributed by atoms with E-state index in [1.807, 2.05) is 13.0 Å². The zero-order valence-electron chi connectivity index (χ0n) is 14.6. The number of rotatable bonds is 8. The first kappa shape index (κ1) is 18.0. The van der Waals surface area contributed by atoms with E-state index >= 15 is 0 Å². The van der Waals surface area contributed by atoms with Gasteiger partial charge in [0.1, 0.15) is 5.75 Å². The van der Waals surface area contributed by atoms with Crippen LogP contribution in [0.2, 0.25) is 0 Å². The Bertz CT molecular complexity index is 412. The van der Waals surface area contributed by atoms with Crippen molar-refractivity contribution in [2.24, 2.45) is 0 Å². The molecule has 0 amide bonds. The summed E-state index contributed by atoms with van der Waals surface area (Å²) in [5.41, 5.74) is 1.45. The summed E-state index contributed by atoms with van der Waals surface area (Å²) in [4.78, 5) is 2.48. The van der Waals surface area contributed by atoms with Gasteiger partial charge in [-0.05, 0) is 47.2 Å². The summed E-state index contributed by atoms with van der Waals surface area (Å²) < 4.78 is 5.77. The van der Waals surface area contributed by atoms with Crippen LogP contribution in [0.15, 0.2) is 24.3 Å². The zero-order chi connectivity index (χ0) is 15.9. The first-order valence-electron chi connectivity index (χ1n) is 8.09. The minimum atomic E-state index is 0.172. The predicted molar refractivity (Wildman–Crippen MR) is 91.0 cm³/mol. The molecule has 0 aromatic heterocycles. The zero-order valence-corrected chi connectivity index (χ0v) is 14.6. The van der Waals surface area contributed by atoms with Gasteiger partial charge in [-0.15, -0.1) is 0 Å². The molecule has 3 nitrogen and oxygen atoms in total. The van der Waals surface area contributed by atoms with Crippen LogP contribution in [0.1, 0.15) is 53.1 Å². The summed E-state index contributed by atoms with van der Waals surface area (Å²) in [6.07, 6.45) is 0. The molecule has 1 atom stereocenters. The molecule has 0 aliphatic heterocycles. The number of nitrogens with one attached hydrogen (secondary N) is 1. The van der Waals surface area contributed by atoms with Gasteiger partial charge in [0.05, 0.1) is 6.61 Å². The van der Waals surface area contributed by atoms with E-state index in [1.165, 1.54) is 5.56 Å². The molecule has 0 radical (unpaired) electrons. The molecule has 1 aromatic rings. The number of ether oxygens (including phenoxy) is 1. The van der Waals surface area contributed by atoms with E-state index in [0.29, 0.717) is 12.6 Å². The topological polar surface area (TPSA) is 24.5 Å². The Hall–Kier alpha value is -1.06. The maximum Gasteiger partial charge on any atom is 0.124 e. The molecule has 0 aliphatic rings. The van der Waals surface area contributed by atoms with E-state index in [0.717, 1.165) is 25.4 Å². The average molecular weight is 292 g/mol. The standard InChI is InChI=1S/C18H32N2O/c1-7-20(14-13-19-18(4,5)6)15(3)16-11-9-10-12-17(16)21-8-2/h9-12,15,19H,7-8,13-14H2,1-6H3. The molecule has 1 N–H and O–H groups in total. The van der Waals surface area contributed by atoms with Gasteiger partial charge in [0.2, 0.25) is 0 Å². The van der Waals surface area contributed by atoms with Gasteiger partial charge >= 0.3 is 0 Å². The minimum Gasteiger partial charge on any atom is -0.494 e. The second-order valence-corrected chi connectivity index (χ2v) is 6.45. The summed E-state index contributed by atoms with van der Waals surface area (Å²) in [6, 6.07) is 8.74. The molecule has 1 unspecified atom stereocenters. The quantitative estimate of drug-likeness (QED) is 0.787. The third-order valence-electron chi connectivity index (χ3n) is 3.68. The Labute approximate surface area is 130 Å². The molecule has 0 spiro atoms. The summed E-state index contributed by atoms with van der Waals surface area (Å²) >= 11 is 0. The lowest BCUT2D eigenvalue weighted by molar-refractivity contribution is 0.209. The highest BCUT2D eigenvalue weighted by Crippen LogP contribution is 2.28. The summed E-state index contributed by atoms with van der Waals surface area (Å²) in [6.45, 7) is 16.9. The van der Waals surface area contributed by atoms with Crippen LogP contribution in [-0.4, -0.2) is 36.7 Å². The van der Waals surface area contributed by atoms with E-state index in [4.69, 9.17) is 4.74 Å². The Balaban J connectivity index is 2.72. The molecular weight excluding hydrogens is 260 g/mol. The molecule has 0 heterocycles. The van der Waals surface area contributed by atoms with Crippen molar-refractivity contribution in [2.45, 2.75) is 53.1 Å². The maximum atomic E-state index is 5.77. The van der Waals surface area contributed by atoms with E-state index in [-0.39, 0.29) is 5.54 Å². The van der Waals surface area contributed by atoms with Gasteiger partial charge < -0.3 is 10.1 Å². The number of likely N-dealkylation sites (N-methyl/N-ethyl adjacent to an activating group) is 1. The lowest BCUT2D eigenvalue weighted by Crippen LogP contribution is -2.42. The van der Waals surface area contributed by atoms with Gasteiger partial charge in [-0.2, -0.15) is 0 Å². The highest BCUT2D eigenvalue weighted by Gasteiger charge is 2.18. The highest BCUT2D eigenvalue weighted by atomic mass is 16.5. The molecule has 0 saturated heterocycles. The van der Waals surface area contributed by atoms with Crippen LogP contribution in [0.3, 0.4) is 0 Å². The molecule has 120 valence electrons. The van der Waals surface area contributed by atoms with Crippen LogP contribution in [0, 0.1) is 0 Å². The Morgan fingerprint density at radius 1 is 1.19 bits per heavy atom. The molecule has 0 saturated carbocycles. The van der Waals surface area contributed by atoms with E-state index in [2.05, 4.69) is 63.0 Å². The first-order chi connectivity index (χ1) is 9.89. The lowest BCUT2D eigenvalue weighted by Gasteiger charge is -2.31. The maximum absolute atomic E-state index is 5.77. The van der Waals surface area contributed by atoms with E-state index < -0.39 is 0 Å². The van der Waals surface area contributed by atoms with Gasteiger partial charge in [-0.1, -0.05) is 25.1 Å². The van der Waals surface area contributed by atoms with Crippen LogP contribution in [0.5, 0.6) is 5.75 Å². The van der Waals surface area contributed by atoms with Crippen molar-refractivity contribution in [1.82, 2.24) is 10.2 Å². The Morgan fingerprint density at radius 3 is 2.43 bits per heavy atom. The molecule has 0 aliphatic carbocycles. The first-order valence-corrected chi connectivity index (χ1v) is 8.09. The molecule has 3 heteroatoms. The number of hydrogen-bond donors (Lipinski definition) is 1. The van der Waals surface area contributed by atoms with Crippen molar-refractivity contribution >= 4 is 0 Å². The second-order valence-electron chi connectivity index (χ2n) is 6.45. The van der Waals surface area contributed by atoms with Crippen molar-refractivity contribution in [3.63, 3.8) is 0 Å². The van der Waals surface area contributed by atoms with Gasteiger partial charge in [-0.25, -0.2) is 0 Å². The van der Waals surface area contributed by atoms with Crippen molar-refractivity contribution in [1.29, 1.82) is 0 Å². The number of hydrogen-bond acceptors (Lipinski definition) is 3. The van der Waals surface area contributed by atoms with Crippen LogP contribution < -0.4 is 10.1 Å². The van der Waals surface area contributed by atoms with Gasteiger partial charge in [0, 0.05) is 30.2 Å². The van der Waals surface area contributed by atoms with Crippen LogP contribution in [0.25, 0.3) is 0 Å². The van der Waals surface area contributed by atoms with Crippen LogP contribution in [0.4, 0.5) is 0 Å². The number of benzene rings is 1. The minimum absolute atomic E-state index is 0.172. The second kappa shape index (κ2) is 8.40. The van der Waals surface area contributed by atoms with Crippen LogP contribution >= 0.6 is 0 Å². The van der Waals surface area contributed by atoms with Gasteiger partial charge in [0.25, 0.3) is 0 Å². The van der Waals surface area contributed by atoms with Crippen molar-refractivity contribution < 1.29 is 4.74 Å². The molecule has 21 heavy (non-hydrogen) atoms. The normalized spacial score (nSPS) is 13.5. The van der Waals surface area contributed by atoms with Crippen molar-refractivity contribution in [3.8, 4) is 5.75 Å². The number of nitrogens with zero attached hydrogens (tertiary/aromatic N) is 1. The predicted octanol–water partition coefficient (Wildman–Crippen LogP) is 3.86. The Morgan fingerprint density at radius 2 is 1.86 bits per heavy atom. The highest BCUT2D eigenvalue weighted by molar-refractivity contribution is 5.35. The van der Waals surface area contributed by atoms with Gasteiger partial charge in [0.15, 0.2) is 0 Å². The summed E-state index contributed by atoms with van der Waals surface area (Å²) in [5, 5.41) is 3.56.